The molecule has 5 rings (SSSR count). The quantitative estimate of drug-likeness (QED) is 0.315. The lowest BCUT2D eigenvalue weighted by atomic mass is 9.99. The van der Waals surface area contributed by atoms with Crippen LogP contribution in [0.3, 0.4) is 0 Å². The first-order valence-electron chi connectivity index (χ1n) is 11.3. The summed E-state index contributed by atoms with van der Waals surface area (Å²) < 4.78 is 0. The van der Waals surface area contributed by atoms with Crippen LogP contribution < -0.4 is 10.6 Å². The van der Waals surface area contributed by atoms with Crippen molar-refractivity contribution in [3.05, 3.63) is 126 Å². The van der Waals surface area contributed by atoms with E-state index in [2.05, 4.69) is 28.8 Å². The van der Waals surface area contributed by atoms with Crippen LogP contribution in [0, 0.1) is 0 Å². The van der Waals surface area contributed by atoms with Crippen molar-refractivity contribution >= 4 is 39.0 Å². The minimum absolute atomic E-state index is 0.174. The molecule has 0 aromatic heterocycles. The van der Waals surface area contributed by atoms with Crippen molar-refractivity contribution in [2.45, 2.75) is 13.0 Å². The van der Waals surface area contributed by atoms with E-state index in [0.717, 1.165) is 27.1 Å². The molecule has 0 aliphatic heterocycles. The number of fused-ring (bicyclic) bond motifs is 2. The summed E-state index contributed by atoms with van der Waals surface area (Å²) in [6.45, 7) is 1.98. The summed E-state index contributed by atoms with van der Waals surface area (Å²) in [6, 6.07) is 34.5. The topological polar surface area (TPSA) is 58.2 Å². The van der Waals surface area contributed by atoms with Crippen molar-refractivity contribution in [2.24, 2.45) is 0 Å². The highest BCUT2D eigenvalue weighted by molar-refractivity contribution is 6.13. The Kier molecular flexibility index (Phi) is 5.79. The maximum Gasteiger partial charge on any atom is 0.256 e. The van der Waals surface area contributed by atoms with Crippen molar-refractivity contribution in [2.75, 3.05) is 5.32 Å². The van der Waals surface area contributed by atoms with Crippen molar-refractivity contribution in [3.63, 3.8) is 0 Å². The second kappa shape index (κ2) is 9.20. The Bertz CT molecular complexity index is 1510. The van der Waals surface area contributed by atoms with Gasteiger partial charge in [0, 0.05) is 16.8 Å². The van der Waals surface area contributed by atoms with E-state index in [4.69, 9.17) is 0 Å². The lowest BCUT2D eigenvalue weighted by Gasteiger charge is -2.17. The first-order chi connectivity index (χ1) is 16.6. The highest BCUT2D eigenvalue weighted by Crippen LogP contribution is 2.25. The number of nitrogens with one attached hydrogen (secondary N) is 2. The van der Waals surface area contributed by atoms with Gasteiger partial charge in [-0.25, -0.2) is 0 Å². The third-order valence-corrected chi connectivity index (χ3v) is 6.05. The van der Waals surface area contributed by atoms with Gasteiger partial charge in [-0.15, -0.1) is 0 Å². The molecule has 0 fully saturated rings. The van der Waals surface area contributed by atoms with Gasteiger partial charge in [0.25, 0.3) is 11.8 Å². The van der Waals surface area contributed by atoms with E-state index in [-0.39, 0.29) is 17.9 Å². The average Bonchev–Trinajstić information content (AvgIpc) is 2.88. The molecule has 0 bridgehead atoms. The Morgan fingerprint density at radius 3 is 2.06 bits per heavy atom. The molecule has 166 valence electrons. The number of carbonyl (C=O) groups is 2. The first kappa shape index (κ1) is 21.4. The monoisotopic (exact) mass is 444 g/mol. The number of rotatable bonds is 5. The van der Waals surface area contributed by atoms with Gasteiger partial charge in [-0.3, -0.25) is 9.59 Å². The molecular formula is C30H24N2O2. The summed E-state index contributed by atoms with van der Waals surface area (Å²) >= 11 is 0. The van der Waals surface area contributed by atoms with E-state index >= 15 is 0 Å². The summed E-state index contributed by atoms with van der Waals surface area (Å²) in [6.07, 6.45) is 0. The summed E-state index contributed by atoms with van der Waals surface area (Å²) in [4.78, 5) is 26.0. The number of hydrogen-bond acceptors (Lipinski definition) is 2. The van der Waals surface area contributed by atoms with Crippen molar-refractivity contribution in [1.82, 2.24) is 5.32 Å². The van der Waals surface area contributed by atoms with Crippen molar-refractivity contribution in [3.8, 4) is 0 Å². The molecule has 0 unspecified atom stereocenters. The molecule has 4 nitrogen and oxygen atoms in total. The predicted octanol–water partition coefficient (Wildman–Crippen LogP) is 6.74. The number of benzene rings is 5. The number of amides is 2. The third-order valence-electron chi connectivity index (χ3n) is 6.05. The van der Waals surface area contributed by atoms with Gasteiger partial charge < -0.3 is 10.6 Å². The minimum atomic E-state index is -0.210. The summed E-state index contributed by atoms with van der Waals surface area (Å²) in [5, 5.41) is 10.2. The Labute approximate surface area is 198 Å². The fraction of sp³-hybridized carbons (Fsp3) is 0.0667. The summed E-state index contributed by atoms with van der Waals surface area (Å²) in [7, 11) is 0. The lowest BCUT2D eigenvalue weighted by molar-refractivity contribution is 0.0939. The smallest absolute Gasteiger partial charge is 0.256 e. The second-order valence-electron chi connectivity index (χ2n) is 8.33. The Hall–Kier alpha value is -4.44. The highest BCUT2D eigenvalue weighted by atomic mass is 16.2. The average molecular weight is 445 g/mol. The van der Waals surface area contributed by atoms with Gasteiger partial charge in [0.2, 0.25) is 0 Å². The van der Waals surface area contributed by atoms with E-state index in [1.807, 2.05) is 67.6 Å². The van der Waals surface area contributed by atoms with Crippen LogP contribution in [-0.2, 0) is 0 Å². The van der Waals surface area contributed by atoms with E-state index in [1.54, 1.807) is 30.3 Å². The number of carbonyl (C=O) groups excluding carboxylic acids is 2. The zero-order chi connectivity index (χ0) is 23.5. The Balaban J connectivity index is 1.34. The maximum absolute atomic E-state index is 13.0. The summed E-state index contributed by atoms with van der Waals surface area (Å²) in [5.41, 5.74) is 2.72. The largest absolute Gasteiger partial charge is 0.345 e. The van der Waals surface area contributed by atoms with Gasteiger partial charge in [0.05, 0.1) is 6.04 Å². The normalized spacial score (nSPS) is 11.8. The van der Waals surface area contributed by atoms with Gasteiger partial charge in [-0.05, 0) is 58.3 Å². The number of anilines is 1. The molecule has 0 radical (unpaired) electrons. The molecule has 0 saturated heterocycles. The van der Waals surface area contributed by atoms with E-state index < -0.39 is 0 Å². The highest BCUT2D eigenvalue weighted by Gasteiger charge is 2.15. The molecule has 0 spiro atoms. The van der Waals surface area contributed by atoms with Crippen LogP contribution in [0.5, 0.6) is 0 Å². The molecule has 1 atom stereocenters. The van der Waals surface area contributed by atoms with E-state index in [0.29, 0.717) is 16.8 Å². The molecule has 4 heteroatoms. The molecule has 0 aliphatic rings. The van der Waals surface area contributed by atoms with Gasteiger partial charge in [0.15, 0.2) is 0 Å². The standard InChI is InChI=1S/C30H24N2O2/c1-20(25-17-7-11-21-9-2-4-15-26(21)25)31-29(33)23-13-6-14-24(19-23)32-30(34)28-18-8-12-22-10-3-5-16-27(22)28/h2-20H,1H3,(H,31,33)(H,32,34)/t20-/m0/s1. The van der Waals surface area contributed by atoms with Crippen LogP contribution >= 0.6 is 0 Å². The number of hydrogen-bond donors (Lipinski definition) is 2. The summed E-state index contributed by atoms with van der Waals surface area (Å²) in [5.74, 6) is -0.403. The zero-order valence-electron chi connectivity index (χ0n) is 18.8. The van der Waals surface area contributed by atoms with Gasteiger partial charge >= 0.3 is 0 Å². The zero-order valence-corrected chi connectivity index (χ0v) is 18.8. The molecule has 34 heavy (non-hydrogen) atoms. The van der Waals surface area contributed by atoms with E-state index in [1.165, 1.54) is 0 Å². The lowest BCUT2D eigenvalue weighted by Crippen LogP contribution is -2.27. The molecule has 2 amide bonds. The van der Waals surface area contributed by atoms with Crippen LogP contribution in [0.2, 0.25) is 0 Å². The SMILES string of the molecule is C[C@H](NC(=O)c1cccc(NC(=O)c2cccc3ccccc23)c1)c1cccc2ccccc12. The first-order valence-corrected chi connectivity index (χ1v) is 11.3. The Morgan fingerprint density at radius 2 is 1.26 bits per heavy atom. The van der Waals surface area contributed by atoms with Gasteiger partial charge in [0.1, 0.15) is 0 Å². The Morgan fingerprint density at radius 1 is 0.647 bits per heavy atom. The molecule has 0 aliphatic carbocycles. The van der Waals surface area contributed by atoms with Crippen LogP contribution in [0.4, 0.5) is 5.69 Å². The molecular weight excluding hydrogens is 420 g/mol. The molecule has 5 aromatic carbocycles. The molecule has 5 aromatic rings. The maximum atomic E-state index is 13.0. The molecule has 0 heterocycles. The third kappa shape index (κ3) is 4.26. The van der Waals surface area contributed by atoms with Gasteiger partial charge in [-0.1, -0.05) is 84.9 Å². The molecule has 2 N–H and O–H groups in total. The minimum Gasteiger partial charge on any atom is -0.345 e. The van der Waals surface area contributed by atoms with Crippen LogP contribution in [0.1, 0.15) is 39.2 Å². The predicted molar refractivity (Wildman–Crippen MR) is 138 cm³/mol. The molecule has 0 saturated carbocycles. The van der Waals surface area contributed by atoms with Crippen LogP contribution in [0.25, 0.3) is 21.5 Å². The van der Waals surface area contributed by atoms with Gasteiger partial charge in [-0.2, -0.15) is 0 Å². The van der Waals surface area contributed by atoms with Crippen molar-refractivity contribution < 1.29 is 9.59 Å². The second-order valence-corrected chi connectivity index (χ2v) is 8.33. The van der Waals surface area contributed by atoms with E-state index in [9.17, 15) is 9.59 Å². The van der Waals surface area contributed by atoms with Crippen molar-refractivity contribution in [1.29, 1.82) is 0 Å². The van der Waals surface area contributed by atoms with Crippen LogP contribution in [-0.4, -0.2) is 11.8 Å². The fourth-order valence-electron chi connectivity index (χ4n) is 4.35. The fourth-order valence-corrected chi connectivity index (χ4v) is 4.35. The van der Waals surface area contributed by atoms with Crippen LogP contribution in [0.15, 0.2) is 109 Å².